The lowest BCUT2D eigenvalue weighted by Crippen LogP contribution is -2.23. The number of ether oxygens (including phenoxy) is 1. The third kappa shape index (κ3) is 10.8. The number of rotatable bonds is 15. The number of hydrogen-bond acceptors (Lipinski definition) is 1. The average molecular weight is 310 g/mol. The van der Waals surface area contributed by atoms with Crippen LogP contribution in [-0.2, 0) is 18.3 Å². The van der Waals surface area contributed by atoms with E-state index in [9.17, 15) is 0 Å². The molecule has 0 unspecified atom stereocenters. The minimum Gasteiger partial charge on any atom is -0.385 e. The lowest BCUT2D eigenvalue weighted by Gasteiger charge is -2.03. The summed E-state index contributed by atoms with van der Waals surface area (Å²) >= 11 is 0. The van der Waals surface area contributed by atoms with E-state index < -0.39 is 0 Å². The van der Waals surface area contributed by atoms with Crippen LogP contribution < -0.4 is 4.57 Å². The van der Waals surface area contributed by atoms with Gasteiger partial charge in [-0.2, -0.15) is 0 Å². The fraction of sp³-hybridized carbons (Fsp3) is 0.842. The third-order valence-electron chi connectivity index (χ3n) is 4.34. The zero-order valence-corrected chi connectivity index (χ0v) is 14.9. The second-order valence-corrected chi connectivity index (χ2v) is 6.55. The standard InChI is InChI=1S/C19H37N2O/c1-20-16-17-21(19-20)15-13-11-9-7-5-3-4-6-8-10-12-14-18-22-2/h16-17,19H,3-15,18H2,1-2H3/q+1. The number of unbranched alkanes of at least 4 members (excludes halogenated alkanes) is 11. The first-order valence-electron chi connectivity index (χ1n) is 9.33. The predicted octanol–water partition coefficient (Wildman–Crippen LogP) is 4.64. The van der Waals surface area contributed by atoms with Gasteiger partial charge in [0.1, 0.15) is 12.4 Å². The maximum absolute atomic E-state index is 5.07. The topological polar surface area (TPSA) is 18.0 Å². The summed E-state index contributed by atoms with van der Waals surface area (Å²) in [7, 11) is 3.87. The summed E-state index contributed by atoms with van der Waals surface area (Å²) in [5, 5.41) is 0. The van der Waals surface area contributed by atoms with Crippen LogP contribution >= 0.6 is 0 Å². The fourth-order valence-corrected chi connectivity index (χ4v) is 2.94. The van der Waals surface area contributed by atoms with Gasteiger partial charge in [0.05, 0.1) is 13.6 Å². The molecule has 1 aromatic rings. The minimum atomic E-state index is 0.933. The molecule has 0 atom stereocenters. The van der Waals surface area contributed by atoms with Gasteiger partial charge >= 0.3 is 0 Å². The first kappa shape index (κ1) is 19.2. The molecule has 1 aromatic heterocycles. The summed E-state index contributed by atoms with van der Waals surface area (Å²) in [6.07, 6.45) is 23.1. The van der Waals surface area contributed by atoms with Crippen LogP contribution in [0.2, 0.25) is 0 Å². The smallest absolute Gasteiger partial charge is 0.243 e. The van der Waals surface area contributed by atoms with Gasteiger partial charge in [-0.3, -0.25) is 0 Å². The predicted molar refractivity (Wildman–Crippen MR) is 92.9 cm³/mol. The molecule has 1 rings (SSSR count). The van der Waals surface area contributed by atoms with Crippen molar-refractivity contribution in [3.05, 3.63) is 18.7 Å². The molecule has 3 heteroatoms. The van der Waals surface area contributed by atoms with E-state index in [1.807, 2.05) is 0 Å². The van der Waals surface area contributed by atoms with Crippen molar-refractivity contribution in [1.82, 2.24) is 4.57 Å². The Morgan fingerprint density at radius 3 is 1.73 bits per heavy atom. The lowest BCUT2D eigenvalue weighted by molar-refractivity contribution is -0.671. The Morgan fingerprint density at radius 2 is 1.27 bits per heavy atom. The molecule has 0 amide bonds. The van der Waals surface area contributed by atoms with Crippen molar-refractivity contribution in [2.24, 2.45) is 7.05 Å². The van der Waals surface area contributed by atoms with E-state index in [-0.39, 0.29) is 0 Å². The number of aromatic nitrogens is 2. The van der Waals surface area contributed by atoms with Gasteiger partial charge in [-0.25, -0.2) is 9.13 Å². The van der Waals surface area contributed by atoms with E-state index in [1.54, 1.807) is 7.11 Å². The Labute approximate surface area is 137 Å². The van der Waals surface area contributed by atoms with E-state index in [0.29, 0.717) is 0 Å². The van der Waals surface area contributed by atoms with Crippen LogP contribution in [0.5, 0.6) is 0 Å². The highest BCUT2D eigenvalue weighted by Crippen LogP contribution is 2.12. The molecule has 1 heterocycles. The lowest BCUT2D eigenvalue weighted by atomic mass is 10.1. The van der Waals surface area contributed by atoms with Gasteiger partial charge < -0.3 is 4.74 Å². The average Bonchev–Trinajstić information content (AvgIpc) is 2.93. The SMILES string of the molecule is COCCCCCCCCCCCCCCn1cc[n+](C)c1. The molecule has 0 saturated heterocycles. The van der Waals surface area contributed by atoms with Crippen LogP contribution in [0.25, 0.3) is 0 Å². The Bertz CT molecular complexity index is 349. The van der Waals surface area contributed by atoms with Crippen LogP contribution in [-0.4, -0.2) is 18.3 Å². The van der Waals surface area contributed by atoms with Gasteiger partial charge in [0.25, 0.3) is 0 Å². The molecule has 0 spiro atoms. The minimum absolute atomic E-state index is 0.933. The van der Waals surface area contributed by atoms with Gasteiger partial charge in [-0.15, -0.1) is 0 Å². The second-order valence-electron chi connectivity index (χ2n) is 6.55. The maximum Gasteiger partial charge on any atom is 0.243 e. The van der Waals surface area contributed by atoms with Crippen molar-refractivity contribution in [2.75, 3.05) is 13.7 Å². The highest BCUT2D eigenvalue weighted by atomic mass is 16.5. The van der Waals surface area contributed by atoms with Crippen molar-refractivity contribution >= 4 is 0 Å². The van der Waals surface area contributed by atoms with E-state index in [0.717, 1.165) is 6.61 Å². The molecule has 0 bridgehead atoms. The molecule has 3 nitrogen and oxygen atoms in total. The summed E-state index contributed by atoms with van der Waals surface area (Å²) in [6, 6.07) is 0. The van der Waals surface area contributed by atoms with E-state index in [1.165, 1.54) is 83.6 Å². The highest BCUT2D eigenvalue weighted by molar-refractivity contribution is 4.65. The van der Waals surface area contributed by atoms with Gasteiger partial charge in [-0.05, 0) is 19.3 Å². The molecule has 128 valence electrons. The van der Waals surface area contributed by atoms with Crippen molar-refractivity contribution in [2.45, 2.75) is 83.6 Å². The first-order valence-corrected chi connectivity index (χ1v) is 9.33. The van der Waals surface area contributed by atoms with Crippen molar-refractivity contribution in [1.29, 1.82) is 0 Å². The van der Waals surface area contributed by atoms with Crippen molar-refractivity contribution in [3.63, 3.8) is 0 Å². The molecule has 0 aliphatic rings. The van der Waals surface area contributed by atoms with Crippen molar-refractivity contribution in [3.8, 4) is 0 Å². The molecule has 0 aliphatic carbocycles. The number of nitrogens with zero attached hydrogens (tertiary/aromatic N) is 2. The molecule has 0 saturated carbocycles. The van der Waals surface area contributed by atoms with Gasteiger partial charge in [0.15, 0.2) is 0 Å². The molecule has 0 aliphatic heterocycles. The van der Waals surface area contributed by atoms with Gasteiger partial charge in [0, 0.05) is 13.7 Å². The van der Waals surface area contributed by atoms with E-state index >= 15 is 0 Å². The third-order valence-corrected chi connectivity index (χ3v) is 4.34. The summed E-state index contributed by atoms with van der Waals surface area (Å²) in [4.78, 5) is 0. The van der Waals surface area contributed by atoms with Crippen LogP contribution in [0, 0.1) is 0 Å². The van der Waals surface area contributed by atoms with Crippen LogP contribution in [0.1, 0.15) is 77.0 Å². The van der Waals surface area contributed by atoms with E-state index in [4.69, 9.17) is 4.74 Å². The second kappa shape index (κ2) is 13.8. The molecular weight excluding hydrogens is 272 g/mol. The van der Waals surface area contributed by atoms with Crippen LogP contribution in [0.15, 0.2) is 18.7 Å². The Balaban J connectivity index is 1.73. The Morgan fingerprint density at radius 1 is 0.773 bits per heavy atom. The summed E-state index contributed by atoms with van der Waals surface area (Å²) in [5.41, 5.74) is 0. The first-order chi connectivity index (χ1) is 10.8. The van der Waals surface area contributed by atoms with Crippen LogP contribution in [0.4, 0.5) is 0 Å². The fourth-order valence-electron chi connectivity index (χ4n) is 2.94. The zero-order valence-electron chi connectivity index (χ0n) is 14.9. The molecule has 0 fully saturated rings. The summed E-state index contributed by atoms with van der Waals surface area (Å²) < 4.78 is 9.46. The van der Waals surface area contributed by atoms with Crippen LogP contribution in [0.3, 0.4) is 0 Å². The largest absolute Gasteiger partial charge is 0.385 e. The van der Waals surface area contributed by atoms with E-state index in [2.05, 4.69) is 34.9 Å². The molecule has 0 aromatic carbocycles. The quantitative estimate of drug-likeness (QED) is 0.341. The van der Waals surface area contributed by atoms with Crippen molar-refractivity contribution < 1.29 is 9.30 Å². The molecule has 22 heavy (non-hydrogen) atoms. The normalized spacial score (nSPS) is 11.2. The molecule has 0 N–H and O–H groups in total. The number of methoxy groups -OCH3 is 1. The number of aryl methyl sites for hydroxylation is 2. The number of hydrogen-bond donors (Lipinski definition) is 0. The number of imidazole rings is 1. The highest BCUT2D eigenvalue weighted by Gasteiger charge is 1.99. The zero-order chi connectivity index (χ0) is 15.9. The maximum atomic E-state index is 5.07. The van der Waals surface area contributed by atoms with Gasteiger partial charge in [0.2, 0.25) is 6.33 Å². The Hall–Kier alpha value is -0.830. The summed E-state index contributed by atoms with van der Waals surface area (Å²) in [5.74, 6) is 0. The van der Waals surface area contributed by atoms with Gasteiger partial charge in [-0.1, -0.05) is 57.8 Å². The molecular formula is C19H37N2O+. The monoisotopic (exact) mass is 309 g/mol. The summed E-state index contributed by atoms with van der Waals surface area (Å²) in [6.45, 7) is 2.10. The molecule has 0 radical (unpaired) electrons. The Kier molecular flexibility index (Phi) is 12.1.